The van der Waals surface area contributed by atoms with Gasteiger partial charge in [-0.15, -0.1) is 0 Å². The smallest absolute Gasteiger partial charge is 0.161 e. The molecule has 1 atom stereocenters. The molecule has 8 heteroatoms. The van der Waals surface area contributed by atoms with E-state index in [1.807, 2.05) is 25.1 Å². The Balaban J connectivity index is 1.50. The van der Waals surface area contributed by atoms with Crippen molar-refractivity contribution in [3.63, 3.8) is 0 Å². The van der Waals surface area contributed by atoms with Gasteiger partial charge in [-0.3, -0.25) is 10.2 Å². The van der Waals surface area contributed by atoms with E-state index in [1.54, 1.807) is 43.5 Å². The molecule has 8 nitrogen and oxygen atoms in total. The molecule has 0 bridgehead atoms. The van der Waals surface area contributed by atoms with Crippen molar-refractivity contribution in [3.8, 4) is 11.5 Å². The predicted octanol–water partition coefficient (Wildman–Crippen LogP) is 4.05. The summed E-state index contributed by atoms with van der Waals surface area (Å²) in [5.41, 5.74) is 2.95. The second kappa shape index (κ2) is 7.57. The van der Waals surface area contributed by atoms with E-state index in [0.29, 0.717) is 52.4 Å². The Labute approximate surface area is 179 Å². The SMILES string of the molecule is CCCOc1ccc(C2=NC3C=C4C(=CC3=N2)N([O-])c2ccccc2N4O)cc1OC. The van der Waals surface area contributed by atoms with Crippen LogP contribution in [0.2, 0.25) is 0 Å². The number of rotatable bonds is 5. The standard InChI is InChI=1S/C23H21N4O4/c1-3-10-31-21-9-8-14(11-22(21)30-2)23-24-15-12-19-20(13-16(15)25-23)27(29)18-7-5-4-6-17(18)26(19)28/h4-9,11-13,15,28H,3,10H2,1-2H3/q-1. The molecule has 0 spiro atoms. The van der Waals surface area contributed by atoms with Gasteiger partial charge in [0.1, 0.15) is 6.04 Å². The zero-order valence-corrected chi connectivity index (χ0v) is 17.1. The molecule has 31 heavy (non-hydrogen) atoms. The van der Waals surface area contributed by atoms with Crippen molar-refractivity contribution < 1.29 is 14.7 Å². The summed E-state index contributed by atoms with van der Waals surface area (Å²) in [6.45, 7) is 2.65. The first-order valence-electron chi connectivity index (χ1n) is 10.1. The van der Waals surface area contributed by atoms with Crippen molar-refractivity contribution in [1.29, 1.82) is 0 Å². The van der Waals surface area contributed by atoms with Gasteiger partial charge in [-0.05, 0) is 48.9 Å². The second-order valence-electron chi connectivity index (χ2n) is 7.32. The number of fused-ring (bicyclic) bond motifs is 3. The van der Waals surface area contributed by atoms with E-state index < -0.39 is 0 Å². The highest BCUT2D eigenvalue weighted by Crippen LogP contribution is 2.42. The van der Waals surface area contributed by atoms with Crippen LogP contribution >= 0.6 is 0 Å². The third-order valence-electron chi connectivity index (χ3n) is 5.32. The average molecular weight is 417 g/mol. The van der Waals surface area contributed by atoms with Gasteiger partial charge < -0.3 is 19.7 Å². The average Bonchev–Trinajstić information content (AvgIpc) is 3.23. The van der Waals surface area contributed by atoms with Gasteiger partial charge in [0, 0.05) is 5.56 Å². The molecule has 1 N–H and O–H groups in total. The molecule has 0 radical (unpaired) electrons. The van der Waals surface area contributed by atoms with Crippen LogP contribution in [-0.4, -0.2) is 36.5 Å². The number of para-hydroxylation sites is 2. The van der Waals surface area contributed by atoms with Crippen LogP contribution in [0.4, 0.5) is 11.4 Å². The molecule has 2 aromatic carbocycles. The highest BCUT2D eigenvalue weighted by Gasteiger charge is 2.33. The van der Waals surface area contributed by atoms with Crippen LogP contribution in [0.3, 0.4) is 0 Å². The number of hydrogen-bond donors (Lipinski definition) is 1. The highest BCUT2D eigenvalue weighted by atomic mass is 16.5. The zero-order chi connectivity index (χ0) is 21.5. The van der Waals surface area contributed by atoms with E-state index in [1.165, 1.54) is 0 Å². The number of ether oxygens (including phenoxy) is 2. The quantitative estimate of drug-likeness (QED) is 0.789. The Morgan fingerprint density at radius 3 is 2.68 bits per heavy atom. The molecule has 1 unspecified atom stereocenters. The van der Waals surface area contributed by atoms with E-state index in [4.69, 9.17) is 14.5 Å². The van der Waals surface area contributed by atoms with Gasteiger partial charge in [0.05, 0.1) is 42.2 Å². The Morgan fingerprint density at radius 2 is 1.90 bits per heavy atom. The van der Waals surface area contributed by atoms with E-state index in [0.717, 1.165) is 22.1 Å². The molecule has 0 saturated heterocycles. The van der Waals surface area contributed by atoms with E-state index in [-0.39, 0.29) is 6.04 Å². The lowest BCUT2D eigenvalue weighted by Crippen LogP contribution is -2.36. The lowest BCUT2D eigenvalue weighted by atomic mass is 10.00. The van der Waals surface area contributed by atoms with Gasteiger partial charge in [0.15, 0.2) is 17.3 Å². The van der Waals surface area contributed by atoms with E-state index >= 15 is 0 Å². The summed E-state index contributed by atoms with van der Waals surface area (Å²) in [4.78, 5) is 9.33. The van der Waals surface area contributed by atoms with Gasteiger partial charge in [0.2, 0.25) is 0 Å². The van der Waals surface area contributed by atoms with E-state index in [2.05, 4.69) is 4.99 Å². The Bertz CT molecular complexity index is 1170. The molecule has 5 rings (SSSR count). The fraction of sp³-hybridized carbons (Fsp3) is 0.217. The molecule has 2 heterocycles. The third-order valence-corrected chi connectivity index (χ3v) is 5.32. The molecule has 0 amide bonds. The molecule has 0 aromatic heterocycles. The first-order chi connectivity index (χ1) is 15.1. The maximum atomic E-state index is 12.9. The topological polar surface area (TPSA) is 93.0 Å². The van der Waals surface area contributed by atoms with Gasteiger partial charge in [-0.25, -0.2) is 10.1 Å². The van der Waals surface area contributed by atoms with Crippen molar-refractivity contribution in [3.05, 3.63) is 76.8 Å². The van der Waals surface area contributed by atoms with Crippen molar-refractivity contribution in [1.82, 2.24) is 0 Å². The predicted molar refractivity (Wildman–Crippen MR) is 119 cm³/mol. The van der Waals surface area contributed by atoms with Gasteiger partial charge >= 0.3 is 0 Å². The van der Waals surface area contributed by atoms with Crippen LogP contribution in [0.15, 0.2) is 76.0 Å². The van der Waals surface area contributed by atoms with E-state index in [9.17, 15) is 10.4 Å². The normalized spacial score (nSPS) is 18.9. The second-order valence-corrected chi connectivity index (χ2v) is 7.32. The number of benzene rings is 2. The maximum Gasteiger partial charge on any atom is 0.161 e. The lowest BCUT2D eigenvalue weighted by Gasteiger charge is -2.44. The summed E-state index contributed by atoms with van der Waals surface area (Å²) in [5.74, 6) is 1.81. The van der Waals surface area contributed by atoms with Crippen molar-refractivity contribution in [2.24, 2.45) is 9.98 Å². The molecular weight excluding hydrogens is 396 g/mol. The number of anilines is 2. The molecule has 2 aromatic rings. The van der Waals surface area contributed by atoms with Crippen molar-refractivity contribution in [2.45, 2.75) is 19.4 Å². The Kier molecular flexibility index (Phi) is 4.72. The highest BCUT2D eigenvalue weighted by molar-refractivity contribution is 6.18. The number of nitrogens with zero attached hydrogens (tertiary/aromatic N) is 4. The number of hydrogen-bond acceptors (Lipinski definition) is 8. The van der Waals surface area contributed by atoms with Crippen LogP contribution in [0.25, 0.3) is 0 Å². The molecule has 2 aliphatic heterocycles. The van der Waals surface area contributed by atoms with Crippen LogP contribution < -0.4 is 19.6 Å². The van der Waals surface area contributed by atoms with Gasteiger partial charge in [-0.2, -0.15) is 0 Å². The van der Waals surface area contributed by atoms with Gasteiger partial charge in [-0.1, -0.05) is 19.1 Å². The fourth-order valence-electron chi connectivity index (χ4n) is 3.80. The summed E-state index contributed by atoms with van der Waals surface area (Å²) in [5, 5.41) is 25.4. The molecular formula is C23H21N4O4-. The van der Waals surface area contributed by atoms with Crippen molar-refractivity contribution >= 4 is 22.9 Å². The summed E-state index contributed by atoms with van der Waals surface area (Å²) in [7, 11) is 1.59. The lowest BCUT2D eigenvalue weighted by molar-refractivity contribution is 0.283. The summed E-state index contributed by atoms with van der Waals surface area (Å²) in [6, 6.07) is 12.1. The first kappa shape index (κ1) is 19.3. The Morgan fingerprint density at radius 1 is 1.10 bits per heavy atom. The summed E-state index contributed by atoms with van der Waals surface area (Å²) in [6.07, 6.45) is 4.33. The first-order valence-corrected chi connectivity index (χ1v) is 10.1. The minimum Gasteiger partial charge on any atom is -0.754 e. The molecule has 3 aliphatic rings. The summed E-state index contributed by atoms with van der Waals surface area (Å²) < 4.78 is 11.2. The largest absolute Gasteiger partial charge is 0.754 e. The van der Waals surface area contributed by atoms with Crippen LogP contribution in [-0.2, 0) is 0 Å². The fourth-order valence-corrected chi connectivity index (χ4v) is 3.80. The van der Waals surface area contributed by atoms with Crippen molar-refractivity contribution in [2.75, 3.05) is 23.8 Å². The third kappa shape index (κ3) is 3.17. The minimum absolute atomic E-state index is 0.327. The maximum absolute atomic E-state index is 12.9. The molecule has 0 fully saturated rings. The van der Waals surface area contributed by atoms with Crippen LogP contribution in [0.5, 0.6) is 11.5 Å². The molecule has 1 aliphatic carbocycles. The minimum atomic E-state index is -0.385. The summed E-state index contributed by atoms with van der Waals surface area (Å²) >= 11 is 0. The number of methoxy groups -OCH3 is 1. The monoisotopic (exact) mass is 417 g/mol. The number of aliphatic imine (C=N–C) groups is 2. The molecule has 0 saturated carbocycles. The van der Waals surface area contributed by atoms with Gasteiger partial charge in [0.25, 0.3) is 0 Å². The number of hydroxylamine groups is 2. The van der Waals surface area contributed by atoms with Crippen LogP contribution in [0, 0.1) is 5.21 Å². The molecule has 158 valence electrons. The number of amidine groups is 1. The Hall–Kier alpha value is -3.62. The van der Waals surface area contributed by atoms with Crippen LogP contribution in [0.1, 0.15) is 18.9 Å². The zero-order valence-electron chi connectivity index (χ0n) is 17.1.